The normalized spacial score (nSPS) is 23.7. The van der Waals surface area contributed by atoms with Gasteiger partial charge in [0.2, 0.25) is 0 Å². The Labute approximate surface area is 112 Å². The van der Waals surface area contributed by atoms with Gasteiger partial charge in [0.15, 0.2) is 0 Å². The van der Waals surface area contributed by atoms with Gasteiger partial charge in [0.1, 0.15) is 5.82 Å². The van der Waals surface area contributed by atoms with Crippen LogP contribution in [0.15, 0.2) is 18.2 Å². The SMILES string of the molecule is CC(O)(Cc1cccc(Cl)c1F)C1CCCNC1. The first-order valence-electron chi connectivity index (χ1n) is 6.36. The molecule has 2 atom stereocenters. The Kier molecular flexibility index (Phi) is 4.25. The Hall–Kier alpha value is -0.640. The number of hydrogen-bond acceptors (Lipinski definition) is 2. The summed E-state index contributed by atoms with van der Waals surface area (Å²) in [6, 6.07) is 4.93. The molecule has 1 heterocycles. The van der Waals surface area contributed by atoms with Crippen LogP contribution in [0.25, 0.3) is 0 Å². The van der Waals surface area contributed by atoms with Crippen LogP contribution in [-0.4, -0.2) is 23.8 Å². The van der Waals surface area contributed by atoms with Crippen LogP contribution in [0.5, 0.6) is 0 Å². The lowest BCUT2D eigenvalue weighted by Gasteiger charge is -2.36. The standard InChI is InChI=1S/C14H19ClFNO/c1-14(18,11-5-3-7-17-9-11)8-10-4-2-6-12(15)13(10)16/h2,4,6,11,17-18H,3,5,7-9H2,1H3. The Morgan fingerprint density at radius 2 is 2.33 bits per heavy atom. The first kappa shape index (κ1) is 13.8. The average Bonchev–Trinajstić information content (AvgIpc) is 2.36. The van der Waals surface area contributed by atoms with Gasteiger partial charge in [-0.05, 0) is 37.9 Å². The molecular weight excluding hydrogens is 253 g/mol. The van der Waals surface area contributed by atoms with Crippen molar-refractivity contribution in [3.63, 3.8) is 0 Å². The summed E-state index contributed by atoms with van der Waals surface area (Å²) in [6.45, 7) is 3.57. The van der Waals surface area contributed by atoms with E-state index < -0.39 is 11.4 Å². The number of nitrogens with one attached hydrogen (secondary N) is 1. The molecule has 0 saturated carbocycles. The molecule has 1 aliphatic heterocycles. The van der Waals surface area contributed by atoms with Gasteiger partial charge in [-0.2, -0.15) is 0 Å². The van der Waals surface area contributed by atoms with E-state index in [-0.39, 0.29) is 10.9 Å². The van der Waals surface area contributed by atoms with Crippen LogP contribution in [-0.2, 0) is 6.42 Å². The molecule has 1 aromatic carbocycles. The van der Waals surface area contributed by atoms with Gasteiger partial charge in [-0.15, -0.1) is 0 Å². The molecular formula is C14H19ClFNO. The van der Waals surface area contributed by atoms with Crippen LogP contribution in [0.3, 0.4) is 0 Å². The van der Waals surface area contributed by atoms with Crippen LogP contribution in [0.2, 0.25) is 5.02 Å². The summed E-state index contributed by atoms with van der Waals surface area (Å²) in [6.07, 6.45) is 2.33. The Morgan fingerprint density at radius 1 is 1.56 bits per heavy atom. The summed E-state index contributed by atoms with van der Waals surface area (Å²) in [5.74, 6) is -0.257. The zero-order chi connectivity index (χ0) is 13.2. The lowest BCUT2D eigenvalue weighted by atomic mass is 9.79. The molecule has 2 rings (SSSR count). The molecule has 0 amide bonds. The minimum absolute atomic E-state index is 0.116. The van der Waals surface area contributed by atoms with Crippen molar-refractivity contribution >= 4 is 11.6 Å². The van der Waals surface area contributed by atoms with Gasteiger partial charge in [0.25, 0.3) is 0 Å². The van der Waals surface area contributed by atoms with Crippen LogP contribution in [0, 0.1) is 11.7 Å². The number of benzene rings is 1. The fourth-order valence-corrected chi connectivity index (χ4v) is 2.79. The highest BCUT2D eigenvalue weighted by Gasteiger charge is 2.33. The first-order chi connectivity index (χ1) is 8.50. The number of rotatable bonds is 3. The summed E-state index contributed by atoms with van der Waals surface area (Å²) in [5, 5.41) is 13.9. The molecule has 2 unspecified atom stereocenters. The van der Waals surface area contributed by atoms with E-state index in [9.17, 15) is 9.50 Å². The molecule has 0 aromatic heterocycles. The lowest BCUT2D eigenvalue weighted by molar-refractivity contribution is -0.0108. The predicted molar refractivity (Wildman–Crippen MR) is 71.3 cm³/mol. The van der Waals surface area contributed by atoms with E-state index >= 15 is 0 Å². The van der Waals surface area contributed by atoms with Gasteiger partial charge in [-0.3, -0.25) is 0 Å². The highest BCUT2D eigenvalue weighted by Crippen LogP contribution is 2.29. The Balaban J connectivity index is 2.13. The zero-order valence-corrected chi connectivity index (χ0v) is 11.3. The van der Waals surface area contributed by atoms with Crippen molar-refractivity contribution in [2.24, 2.45) is 5.92 Å². The number of piperidine rings is 1. The number of hydrogen-bond donors (Lipinski definition) is 2. The predicted octanol–water partition coefficient (Wildman–Crippen LogP) is 2.77. The highest BCUT2D eigenvalue weighted by molar-refractivity contribution is 6.30. The van der Waals surface area contributed by atoms with E-state index in [1.807, 2.05) is 0 Å². The van der Waals surface area contributed by atoms with Crippen LogP contribution >= 0.6 is 11.6 Å². The smallest absolute Gasteiger partial charge is 0.145 e. The van der Waals surface area contributed by atoms with Gasteiger partial charge >= 0.3 is 0 Å². The number of halogens is 2. The molecule has 0 bridgehead atoms. The van der Waals surface area contributed by atoms with Crippen molar-refractivity contribution in [3.8, 4) is 0 Å². The molecule has 0 radical (unpaired) electrons. The summed E-state index contributed by atoms with van der Waals surface area (Å²) in [4.78, 5) is 0. The quantitative estimate of drug-likeness (QED) is 0.886. The summed E-state index contributed by atoms with van der Waals surface area (Å²) >= 11 is 5.76. The maximum absolute atomic E-state index is 13.8. The molecule has 1 aliphatic rings. The average molecular weight is 272 g/mol. The van der Waals surface area contributed by atoms with Crippen molar-refractivity contribution in [1.29, 1.82) is 0 Å². The first-order valence-corrected chi connectivity index (χ1v) is 6.74. The van der Waals surface area contributed by atoms with E-state index in [4.69, 9.17) is 11.6 Å². The molecule has 18 heavy (non-hydrogen) atoms. The molecule has 1 saturated heterocycles. The molecule has 0 spiro atoms. The molecule has 2 N–H and O–H groups in total. The molecule has 0 aliphatic carbocycles. The summed E-state index contributed by atoms with van der Waals surface area (Å²) in [7, 11) is 0. The van der Waals surface area contributed by atoms with Crippen molar-refractivity contribution in [3.05, 3.63) is 34.6 Å². The minimum atomic E-state index is -0.904. The van der Waals surface area contributed by atoms with Crippen molar-refractivity contribution in [2.75, 3.05) is 13.1 Å². The van der Waals surface area contributed by atoms with Gasteiger partial charge in [0.05, 0.1) is 10.6 Å². The second-order valence-electron chi connectivity index (χ2n) is 5.29. The van der Waals surface area contributed by atoms with Crippen LogP contribution in [0.1, 0.15) is 25.3 Å². The zero-order valence-electron chi connectivity index (χ0n) is 10.5. The second kappa shape index (κ2) is 5.55. The largest absolute Gasteiger partial charge is 0.389 e. The third kappa shape index (κ3) is 3.02. The van der Waals surface area contributed by atoms with E-state index in [1.165, 1.54) is 6.07 Å². The van der Waals surface area contributed by atoms with Crippen LogP contribution in [0.4, 0.5) is 4.39 Å². The van der Waals surface area contributed by atoms with Gasteiger partial charge < -0.3 is 10.4 Å². The third-order valence-corrected chi connectivity index (χ3v) is 4.05. The third-order valence-electron chi connectivity index (χ3n) is 3.76. The summed E-state index contributed by atoms with van der Waals surface area (Å²) < 4.78 is 13.8. The van der Waals surface area contributed by atoms with E-state index in [0.29, 0.717) is 12.0 Å². The minimum Gasteiger partial charge on any atom is -0.389 e. The molecule has 1 aromatic rings. The second-order valence-corrected chi connectivity index (χ2v) is 5.70. The lowest BCUT2D eigenvalue weighted by Crippen LogP contribution is -2.45. The van der Waals surface area contributed by atoms with Gasteiger partial charge in [-0.25, -0.2) is 4.39 Å². The van der Waals surface area contributed by atoms with Crippen molar-refractivity contribution in [2.45, 2.75) is 31.8 Å². The van der Waals surface area contributed by atoms with Crippen molar-refractivity contribution in [1.82, 2.24) is 5.32 Å². The van der Waals surface area contributed by atoms with E-state index in [1.54, 1.807) is 19.1 Å². The molecule has 1 fully saturated rings. The number of aliphatic hydroxyl groups is 1. The highest BCUT2D eigenvalue weighted by atomic mass is 35.5. The molecule has 2 nitrogen and oxygen atoms in total. The maximum Gasteiger partial charge on any atom is 0.145 e. The fourth-order valence-electron chi connectivity index (χ4n) is 2.60. The molecule has 100 valence electrons. The van der Waals surface area contributed by atoms with Crippen LogP contribution < -0.4 is 5.32 Å². The summed E-state index contributed by atoms with van der Waals surface area (Å²) in [5.41, 5.74) is -0.419. The Bertz CT molecular complexity index is 416. The monoisotopic (exact) mass is 271 g/mol. The van der Waals surface area contributed by atoms with Crippen molar-refractivity contribution < 1.29 is 9.50 Å². The van der Waals surface area contributed by atoms with Gasteiger partial charge in [-0.1, -0.05) is 23.7 Å². The van der Waals surface area contributed by atoms with Gasteiger partial charge in [0, 0.05) is 18.9 Å². The topological polar surface area (TPSA) is 32.3 Å². The maximum atomic E-state index is 13.8. The molecule has 4 heteroatoms. The Morgan fingerprint density at radius 3 is 3.00 bits per heavy atom. The fraction of sp³-hybridized carbons (Fsp3) is 0.571. The van der Waals surface area contributed by atoms with E-state index in [0.717, 1.165) is 25.9 Å². The van der Waals surface area contributed by atoms with E-state index in [2.05, 4.69) is 5.32 Å².